The summed E-state index contributed by atoms with van der Waals surface area (Å²) >= 11 is 0. The van der Waals surface area contributed by atoms with Crippen molar-refractivity contribution in [2.24, 2.45) is 5.84 Å². The van der Waals surface area contributed by atoms with Crippen LogP contribution in [0, 0.1) is 13.8 Å². The predicted molar refractivity (Wildman–Crippen MR) is 87.3 cm³/mol. The fourth-order valence-corrected chi connectivity index (χ4v) is 2.45. The summed E-state index contributed by atoms with van der Waals surface area (Å²) in [5, 5.41) is 0. The Bertz CT molecular complexity index is 591. The Balaban J connectivity index is 2.31. The molecule has 0 bridgehead atoms. The highest BCUT2D eigenvalue weighted by Gasteiger charge is 2.15. The average Bonchev–Trinajstić information content (AvgIpc) is 2.44. The standard InChI is InChI=1S/C18H24N2O/c1-12(2)21-16-9-7-15(8-10-16)18(20-19)17-11-13(3)5-6-14(17)4/h5-12,18,20H,19H2,1-4H3. The second kappa shape index (κ2) is 6.74. The van der Waals surface area contributed by atoms with Crippen LogP contribution in [0.1, 0.15) is 42.1 Å². The van der Waals surface area contributed by atoms with Crippen LogP contribution in [-0.2, 0) is 0 Å². The lowest BCUT2D eigenvalue weighted by atomic mass is 9.94. The fourth-order valence-electron chi connectivity index (χ4n) is 2.45. The lowest BCUT2D eigenvalue weighted by molar-refractivity contribution is 0.242. The molecule has 0 spiro atoms. The number of rotatable bonds is 5. The first-order chi connectivity index (χ1) is 10.0. The van der Waals surface area contributed by atoms with Crippen LogP contribution in [0.5, 0.6) is 5.75 Å². The van der Waals surface area contributed by atoms with E-state index in [0.717, 1.165) is 11.3 Å². The minimum Gasteiger partial charge on any atom is -0.491 e. The number of hydrogen-bond donors (Lipinski definition) is 2. The lowest BCUT2D eigenvalue weighted by Crippen LogP contribution is -2.29. The molecule has 0 aliphatic heterocycles. The molecule has 3 N–H and O–H groups in total. The molecule has 0 saturated carbocycles. The molecule has 0 aromatic heterocycles. The number of nitrogens with two attached hydrogens (primary N) is 1. The van der Waals surface area contributed by atoms with Crippen LogP contribution in [0.25, 0.3) is 0 Å². The van der Waals surface area contributed by atoms with Gasteiger partial charge in [0.25, 0.3) is 0 Å². The maximum absolute atomic E-state index is 5.79. The molecule has 0 radical (unpaired) electrons. The first kappa shape index (κ1) is 15.5. The van der Waals surface area contributed by atoms with Crippen LogP contribution < -0.4 is 16.0 Å². The summed E-state index contributed by atoms with van der Waals surface area (Å²) < 4.78 is 5.68. The van der Waals surface area contributed by atoms with E-state index in [2.05, 4.69) is 49.6 Å². The van der Waals surface area contributed by atoms with Gasteiger partial charge in [0, 0.05) is 0 Å². The molecule has 0 amide bonds. The number of hydrazine groups is 1. The summed E-state index contributed by atoms with van der Waals surface area (Å²) in [5.74, 6) is 6.67. The van der Waals surface area contributed by atoms with Crippen molar-refractivity contribution in [2.75, 3.05) is 0 Å². The molecule has 2 aromatic carbocycles. The highest BCUT2D eigenvalue weighted by Crippen LogP contribution is 2.27. The van der Waals surface area contributed by atoms with E-state index in [9.17, 15) is 0 Å². The maximum Gasteiger partial charge on any atom is 0.119 e. The summed E-state index contributed by atoms with van der Waals surface area (Å²) in [7, 11) is 0. The first-order valence-electron chi connectivity index (χ1n) is 7.31. The summed E-state index contributed by atoms with van der Waals surface area (Å²) in [6.45, 7) is 8.24. The lowest BCUT2D eigenvalue weighted by Gasteiger charge is -2.20. The van der Waals surface area contributed by atoms with Crippen LogP contribution in [0.3, 0.4) is 0 Å². The fraction of sp³-hybridized carbons (Fsp3) is 0.333. The normalized spacial score (nSPS) is 12.5. The van der Waals surface area contributed by atoms with Gasteiger partial charge in [0.1, 0.15) is 5.75 Å². The molecule has 0 aliphatic rings. The van der Waals surface area contributed by atoms with Gasteiger partial charge in [0.05, 0.1) is 12.1 Å². The van der Waals surface area contributed by atoms with Crippen molar-refractivity contribution in [3.63, 3.8) is 0 Å². The summed E-state index contributed by atoms with van der Waals surface area (Å²) in [6.07, 6.45) is 0.179. The average molecular weight is 284 g/mol. The number of aryl methyl sites for hydroxylation is 2. The molecular weight excluding hydrogens is 260 g/mol. The number of benzene rings is 2. The van der Waals surface area contributed by atoms with Gasteiger partial charge in [-0.1, -0.05) is 35.9 Å². The van der Waals surface area contributed by atoms with Gasteiger partial charge >= 0.3 is 0 Å². The maximum atomic E-state index is 5.79. The van der Waals surface area contributed by atoms with Crippen molar-refractivity contribution in [1.82, 2.24) is 5.43 Å². The van der Waals surface area contributed by atoms with E-state index in [-0.39, 0.29) is 12.1 Å². The minimum atomic E-state index is -0.0157. The van der Waals surface area contributed by atoms with Crippen LogP contribution in [-0.4, -0.2) is 6.10 Å². The first-order valence-corrected chi connectivity index (χ1v) is 7.31. The van der Waals surface area contributed by atoms with Crippen LogP contribution >= 0.6 is 0 Å². The van der Waals surface area contributed by atoms with Gasteiger partial charge in [0.15, 0.2) is 0 Å². The van der Waals surface area contributed by atoms with E-state index in [1.54, 1.807) is 0 Å². The van der Waals surface area contributed by atoms with Gasteiger partial charge in [-0.25, -0.2) is 5.43 Å². The Labute approximate surface area is 127 Å². The number of ether oxygens (including phenoxy) is 1. The Morgan fingerprint density at radius 2 is 1.67 bits per heavy atom. The zero-order valence-electron chi connectivity index (χ0n) is 13.2. The van der Waals surface area contributed by atoms with Crippen LogP contribution in [0.2, 0.25) is 0 Å². The van der Waals surface area contributed by atoms with E-state index >= 15 is 0 Å². The van der Waals surface area contributed by atoms with Crippen LogP contribution in [0.15, 0.2) is 42.5 Å². The Kier molecular flexibility index (Phi) is 4.99. The molecule has 112 valence electrons. The Morgan fingerprint density at radius 1 is 1.00 bits per heavy atom. The van der Waals surface area contributed by atoms with Crippen molar-refractivity contribution in [1.29, 1.82) is 0 Å². The third kappa shape index (κ3) is 3.84. The monoisotopic (exact) mass is 284 g/mol. The summed E-state index contributed by atoms with van der Waals surface area (Å²) in [5.41, 5.74) is 7.71. The molecule has 2 aromatic rings. The Morgan fingerprint density at radius 3 is 2.24 bits per heavy atom. The molecule has 3 heteroatoms. The van der Waals surface area contributed by atoms with Gasteiger partial charge < -0.3 is 4.74 Å². The molecule has 0 aliphatic carbocycles. The molecule has 21 heavy (non-hydrogen) atoms. The molecular formula is C18H24N2O. The highest BCUT2D eigenvalue weighted by atomic mass is 16.5. The Hall–Kier alpha value is -1.84. The predicted octanol–water partition coefficient (Wildman–Crippen LogP) is 3.64. The zero-order chi connectivity index (χ0) is 15.4. The van der Waals surface area contributed by atoms with E-state index in [1.165, 1.54) is 16.7 Å². The second-order valence-corrected chi connectivity index (χ2v) is 5.70. The van der Waals surface area contributed by atoms with Crippen molar-refractivity contribution < 1.29 is 4.74 Å². The van der Waals surface area contributed by atoms with Crippen LogP contribution in [0.4, 0.5) is 0 Å². The van der Waals surface area contributed by atoms with Gasteiger partial charge in [-0.05, 0) is 56.5 Å². The number of hydrogen-bond acceptors (Lipinski definition) is 3. The smallest absolute Gasteiger partial charge is 0.119 e. The number of nitrogens with one attached hydrogen (secondary N) is 1. The molecule has 3 nitrogen and oxygen atoms in total. The molecule has 0 saturated heterocycles. The molecule has 1 unspecified atom stereocenters. The third-order valence-electron chi connectivity index (χ3n) is 3.50. The van der Waals surface area contributed by atoms with E-state index in [0.29, 0.717) is 0 Å². The van der Waals surface area contributed by atoms with Crippen molar-refractivity contribution in [2.45, 2.75) is 39.8 Å². The largest absolute Gasteiger partial charge is 0.491 e. The SMILES string of the molecule is Cc1ccc(C)c(C(NN)c2ccc(OC(C)C)cc2)c1. The zero-order valence-corrected chi connectivity index (χ0v) is 13.2. The van der Waals surface area contributed by atoms with E-state index in [4.69, 9.17) is 10.6 Å². The van der Waals surface area contributed by atoms with E-state index in [1.807, 2.05) is 26.0 Å². The van der Waals surface area contributed by atoms with Crippen molar-refractivity contribution >= 4 is 0 Å². The molecule has 0 heterocycles. The van der Waals surface area contributed by atoms with Gasteiger partial charge in [-0.2, -0.15) is 0 Å². The third-order valence-corrected chi connectivity index (χ3v) is 3.50. The van der Waals surface area contributed by atoms with Gasteiger partial charge in [-0.15, -0.1) is 0 Å². The summed E-state index contributed by atoms with van der Waals surface area (Å²) in [6, 6.07) is 14.5. The van der Waals surface area contributed by atoms with Gasteiger partial charge in [0.2, 0.25) is 0 Å². The summed E-state index contributed by atoms with van der Waals surface area (Å²) in [4.78, 5) is 0. The topological polar surface area (TPSA) is 47.3 Å². The van der Waals surface area contributed by atoms with Crippen molar-refractivity contribution in [3.8, 4) is 5.75 Å². The van der Waals surface area contributed by atoms with Crippen molar-refractivity contribution in [3.05, 3.63) is 64.7 Å². The highest BCUT2D eigenvalue weighted by molar-refractivity contribution is 5.40. The van der Waals surface area contributed by atoms with Gasteiger partial charge in [-0.3, -0.25) is 5.84 Å². The quantitative estimate of drug-likeness (QED) is 0.651. The minimum absolute atomic E-state index is 0.0157. The molecule has 1 atom stereocenters. The van der Waals surface area contributed by atoms with E-state index < -0.39 is 0 Å². The second-order valence-electron chi connectivity index (χ2n) is 5.70. The molecule has 0 fully saturated rings. The molecule has 2 rings (SSSR count).